The van der Waals surface area contributed by atoms with Crippen molar-refractivity contribution in [2.45, 2.75) is 32.1 Å². The molecule has 1 saturated carbocycles. The van der Waals surface area contributed by atoms with Crippen molar-refractivity contribution in [1.29, 1.82) is 0 Å². The van der Waals surface area contributed by atoms with Crippen LogP contribution in [0.1, 0.15) is 31.2 Å². The third-order valence-corrected chi connectivity index (χ3v) is 5.27. The summed E-state index contributed by atoms with van der Waals surface area (Å²) in [6.45, 7) is 0.343. The minimum absolute atomic E-state index is 0.0267. The highest BCUT2D eigenvalue weighted by Gasteiger charge is 2.26. The molecule has 25 heavy (non-hydrogen) atoms. The number of rotatable bonds is 8. The lowest BCUT2D eigenvalue weighted by atomic mass is 9.79. The molecule has 1 aliphatic carbocycles. The van der Waals surface area contributed by atoms with Gasteiger partial charge >= 0.3 is 0 Å². The van der Waals surface area contributed by atoms with E-state index in [1.54, 1.807) is 20.3 Å². The lowest BCUT2D eigenvalue weighted by Crippen LogP contribution is -2.36. The number of benzene rings is 1. The van der Waals surface area contributed by atoms with Crippen LogP contribution in [-0.4, -0.2) is 35.0 Å². The normalized spacial score (nSPS) is 20.9. The van der Waals surface area contributed by atoms with Gasteiger partial charge in [-0.2, -0.15) is 8.42 Å². The average molecular weight is 370 g/mol. The highest BCUT2D eigenvalue weighted by molar-refractivity contribution is 7.87. The first kappa shape index (κ1) is 19.7. The number of nitrogens with one attached hydrogen (secondary N) is 1. The van der Waals surface area contributed by atoms with Crippen molar-refractivity contribution in [1.82, 2.24) is 4.72 Å². The Morgan fingerprint density at radius 1 is 1.16 bits per heavy atom. The van der Waals surface area contributed by atoms with Crippen LogP contribution in [0, 0.1) is 11.8 Å². The molecule has 8 heteroatoms. The zero-order valence-electron chi connectivity index (χ0n) is 14.7. The van der Waals surface area contributed by atoms with Crippen LogP contribution in [-0.2, 0) is 21.4 Å². The number of nitrogens with two attached hydrogens (primary N) is 1. The van der Waals surface area contributed by atoms with Crippen LogP contribution in [0.25, 0.3) is 0 Å². The third kappa shape index (κ3) is 5.98. The highest BCUT2D eigenvalue weighted by Crippen LogP contribution is 2.31. The molecule has 0 amide bonds. The van der Waals surface area contributed by atoms with Gasteiger partial charge in [-0.15, -0.1) is 0 Å². The second-order valence-electron chi connectivity index (χ2n) is 6.44. The first-order valence-electron chi connectivity index (χ1n) is 8.33. The van der Waals surface area contributed by atoms with Gasteiger partial charge in [-0.3, -0.25) is 4.79 Å². The van der Waals surface area contributed by atoms with E-state index in [1.807, 2.05) is 12.1 Å². The Hall–Kier alpha value is -1.64. The molecule has 0 heterocycles. The number of ether oxygens (including phenoxy) is 2. The third-order valence-electron chi connectivity index (χ3n) is 4.70. The molecule has 0 spiro atoms. The summed E-state index contributed by atoms with van der Waals surface area (Å²) in [7, 11) is -0.500. The van der Waals surface area contributed by atoms with Crippen molar-refractivity contribution in [3.8, 4) is 11.5 Å². The van der Waals surface area contributed by atoms with E-state index in [-0.39, 0.29) is 17.6 Å². The Morgan fingerprint density at radius 2 is 1.80 bits per heavy atom. The Kier molecular flexibility index (Phi) is 6.80. The van der Waals surface area contributed by atoms with Gasteiger partial charge in [0.15, 0.2) is 11.5 Å². The van der Waals surface area contributed by atoms with E-state index in [4.69, 9.17) is 14.6 Å². The minimum atomic E-state index is -3.65. The minimum Gasteiger partial charge on any atom is -0.493 e. The summed E-state index contributed by atoms with van der Waals surface area (Å²) in [6.07, 6.45) is 3.58. The van der Waals surface area contributed by atoms with Crippen LogP contribution in [0.3, 0.4) is 0 Å². The maximum atomic E-state index is 12.5. The van der Waals surface area contributed by atoms with Crippen LogP contribution >= 0.6 is 0 Å². The zero-order valence-corrected chi connectivity index (χ0v) is 15.5. The largest absolute Gasteiger partial charge is 0.493 e. The molecular formula is C17H26N2O5S. The summed E-state index contributed by atoms with van der Waals surface area (Å²) in [5.41, 5.74) is 0.903. The van der Waals surface area contributed by atoms with E-state index in [1.165, 1.54) is 0 Å². The molecule has 0 unspecified atom stereocenters. The predicted molar refractivity (Wildman–Crippen MR) is 94.8 cm³/mol. The van der Waals surface area contributed by atoms with E-state index < -0.39 is 10.2 Å². The highest BCUT2D eigenvalue weighted by atomic mass is 32.2. The van der Waals surface area contributed by atoms with Crippen molar-refractivity contribution < 1.29 is 22.7 Å². The van der Waals surface area contributed by atoms with Gasteiger partial charge < -0.3 is 9.47 Å². The van der Waals surface area contributed by atoms with Crippen molar-refractivity contribution in [3.05, 3.63) is 23.8 Å². The van der Waals surface area contributed by atoms with Crippen molar-refractivity contribution in [3.63, 3.8) is 0 Å². The quantitative estimate of drug-likeness (QED) is 0.719. The van der Waals surface area contributed by atoms with E-state index in [9.17, 15) is 13.2 Å². The van der Waals surface area contributed by atoms with Gasteiger partial charge in [0.2, 0.25) is 0 Å². The van der Waals surface area contributed by atoms with Crippen LogP contribution in [0.2, 0.25) is 0 Å². The maximum absolute atomic E-state index is 12.5. The van der Waals surface area contributed by atoms with Crippen LogP contribution in [0.15, 0.2) is 18.2 Å². The molecule has 1 aromatic carbocycles. The molecule has 0 aliphatic heterocycles. The fraction of sp³-hybridized carbons (Fsp3) is 0.588. The first-order chi connectivity index (χ1) is 11.8. The fourth-order valence-electron chi connectivity index (χ4n) is 3.26. The molecule has 1 aromatic rings. The molecule has 0 radical (unpaired) electrons. The predicted octanol–water partition coefficient (Wildman–Crippen LogP) is 1.41. The molecular weight excluding hydrogens is 344 g/mol. The van der Waals surface area contributed by atoms with E-state index in [0.717, 1.165) is 31.2 Å². The summed E-state index contributed by atoms with van der Waals surface area (Å²) in [5, 5.41) is 4.95. The van der Waals surface area contributed by atoms with Crippen LogP contribution in [0.4, 0.5) is 0 Å². The van der Waals surface area contributed by atoms with Gasteiger partial charge in [-0.1, -0.05) is 6.07 Å². The Balaban J connectivity index is 1.86. The topological polar surface area (TPSA) is 108 Å². The summed E-state index contributed by atoms with van der Waals surface area (Å²) in [6, 6.07) is 5.51. The molecule has 1 fully saturated rings. The van der Waals surface area contributed by atoms with Crippen LogP contribution in [0.5, 0.6) is 11.5 Å². The number of Topliss-reactive ketones (excluding diaryl/α,β-unsaturated/α-hetero) is 1. The SMILES string of the molecule is COc1ccc(CC(=O)C2CCC(CNS(N)(=O)=O)CC2)cc1OC. The molecule has 0 bridgehead atoms. The van der Waals surface area contributed by atoms with Gasteiger partial charge in [-0.05, 0) is 49.3 Å². The van der Waals surface area contributed by atoms with Gasteiger partial charge in [0.25, 0.3) is 10.2 Å². The van der Waals surface area contributed by atoms with Gasteiger partial charge in [0.1, 0.15) is 5.78 Å². The number of ketones is 1. The molecule has 1 aliphatic rings. The second-order valence-corrected chi connectivity index (χ2v) is 7.82. The van der Waals surface area contributed by atoms with Gasteiger partial charge in [-0.25, -0.2) is 9.86 Å². The molecule has 0 atom stereocenters. The zero-order chi connectivity index (χ0) is 18.4. The van der Waals surface area contributed by atoms with Gasteiger partial charge in [0.05, 0.1) is 14.2 Å². The Labute approximate surface area is 149 Å². The molecule has 140 valence electrons. The monoisotopic (exact) mass is 370 g/mol. The molecule has 0 saturated heterocycles. The number of hydrogen-bond acceptors (Lipinski definition) is 5. The number of carbonyl (C=O) groups is 1. The summed E-state index contributed by atoms with van der Waals surface area (Å²) in [4.78, 5) is 12.5. The molecule has 3 N–H and O–H groups in total. The fourth-order valence-corrected chi connectivity index (χ4v) is 3.73. The molecule has 7 nitrogen and oxygen atoms in total. The van der Waals surface area contributed by atoms with E-state index in [2.05, 4.69) is 4.72 Å². The lowest BCUT2D eigenvalue weighted by molar-refractivity contribution is -0.123. The molecule has 2 rings (SSSR count). The average Bonchev–Trinajstić information content (AvgIpc) is 2.59. The Morgan fingerprint density at radius 3 is 2.36 bits per heavy atom. The van der Waals surface area contributed by atoms with Crippen LogP contribution < -0.4 is 19.3 Å². The van der Waals surface area contributed by atoms with Crippen molar-refractivity contribution in [2.24, 2.45) is 17.0 Å². The number of hydrogen-bond donors (Lipinski definition) is 2. The van der Waals surface area contributed by atoms with Gasteiger partial charge in [0, 0.05) is 18.9 Å². The van der Waals surface area contributed by atoms with E-state index in [0.29, 0.717) is 24.5 Å². The number of carbonyl (C=O) groups excluding carboxylic acids is 1. The second kappa shape index (κ2) is 8.64. The first-order valence-corrected chi connectivity index (χ1v) is 9.88. The van der Waals surface area contributed by atoms with E-state index >= 15 is 0 Å². The molecule has 0 aromatic heterocycles. The summed E-state index contributed by atoms with van der Waals surface area (Å²) in [5.74, 6) is 1.74. The Bertz CT molecular complexity index is 697. The number of methoxy groups -OCH3 is 2. The standard InChI is InChI=1S/C17H26N2O5S/c1-23-16-8-5-13(10-17(16)24-2)9-15(20)14-6-3-12(4-7-14)11-19-25(18,21)22/h5,8,10,12,14,19H,3-4,6-7,9,11H2,1-2H3,(H2,18,21,22). The smallest absolute Gasteiger partial charge is 0.274 e. The maximum Gasteiger partial charge on any atom is 0.274 e. The van der Waals surface area contributed by atoms with Crippen molar-refractivity contribution >= 4 is 16.0 Å². The van der Waals surface area contributed by atoms with Crippen molar-refractivity contribution in [2.75, 3.05) is 20.8 Å². The summed E-state index contributed by atoms with van der Waals surface area (Å²) >= 11 is 0. The summed E-state index contributed by atoms with van der Waals surface area (Å²) < 4.78 is 34.7. The lowest BCUT2D eigenvalue weighted by Gasteiger charge is -2.27.